The topological polar surface area (TPSA) is 24.9 Å². The summed E-state index contributed by atoms with van der Waals surface area (Å²) in [7, 11) is 0. The first-order valence-corrected chi connectivity index (χ1v) is 12.9. The Kier molecular flexibility index (Phi) is 7.39. The van der Waals surface area contributed by atoms with Crippen molar-refractivity contribution < 1.29 is 22.6 Å². The van der Waals surface area contributed by atoms with Crippen molar-refractivity contribution in [3.05, 3.63) is 59.2 Å². The fraction of sp³-hybridized carbons (Fsp3) is 0.538. The normalized spacial score (nSPS) is 23.5. The highest BCUT2D eigenvalue weighted by Crippen LogP contribution is 2.46. The monoisotopic (exact) mass is 492 g/mol. The molecule has 0 aromatic heterocycles. The Morgan fingerprint density at radius 2 is 1.79 bits per heavy atom. The molecular weight excluding hydrogens is 461 g/mol. The van der Waals surface area contributed by atoms with Crippen LogP contribution in [0, 0.1) is 0 Å². The molecule has 0 bridgehead atoms. The van der Waals surface area contributed by atoms with Gasteiger partial charge in [-0.25, -0.2) is 0 Å². The maximum atomic E-state index is 12.7. The van der Waals surface area contributed by atoms with E-state index in [2.05, 4.69) is 28.0 Å². The summed E-state index contributed by atoms with van der Waals surface area (Å²) in [6.07, 6.45) is 3.29. The first-order valence-electron chi connectivity index (χ1n) is 12.1. The van der Waals surface area contributed by atoms with E-state index in [4.69, 9.17) is 9.47 Å². The van der Waals surface area contributed by atoms with Crippen molar-refractivity contribution in [3.8, 4) is 5.75 Å². The van der Waals surface area contributed by atoms with Crippen LogP contribution in [0.3, 0.4) is 0 Å². The van der Waals surface area contributed by atoms with Gasteiger partial charge < -0.3 is 9.47 Å². The Morgan fingerprint density at radius 3 is 2.56 bits per heavy atom. The van der Waals surface area contributed by atoms with Crippen LogP contribution in [0.5, 0.6) is 5.75 Å². The molecule has 2 aromatic rings. The molecule has 2 saturated heterocycles. The van der Waals surface area contributed by atoms with Crippen LogP contribution in [-0.4, -0.2) is 67.9 Å². The summed E-state index contributed by atoms with van der Waals surface area (Å²) in [4.78, 5) is 5.17. The lowest BCUT2D eigenvalue weighted by Crippen LogP contribution is -2.37. The van der Waals surface area contributed by atoms with Crippen molar-refractivity contribution >= 4 is 11.8 Å². The number of ether oxygens (including phenoxy) is 2. The van der Waals surface area contributed by atoms with Crippen molar-refractivity contribution in [2.75, 3.05) is 52.5 Å². The van der Waals surface area contributed by atoms with Gasteiger partial charge in [-0.05, 0) is 78.5 Å². The molecule has 0 radical (unpaired) electrons. The van der Waals surface area contributed by atoms with Gasteiger partial charge in [0.05, 0.1) is 19.8 Å². The standard InChI is InChI=1S/C26H31F3N2O2S/c27-26(28,29)34-21-7-4-19(5-8-21)24-18-31-11-1-3-25(31)23-17-20(6-9-22(23)24)33-14-2-10-30-12-15-32-16-13-30/h4-9,17,24-25H,1-3,10-16,18H2/t24-,25+/m0/s1. The summed E-state index contributed by atoms with van der Waals surface area (Å²) < 4.78 is 49.7. The average molecular weight is 493 g/mol. The van der Waals surface area contributed by atoms with E-state index in [9.17, 15) is 13.2 Å². The molecule has 3 aliphatic rings. The van der Waals surface area contributed by atoms with Gasteiger partial charge in [0.25, 0.3) is 0 Å². The number of fused-ring (bicyclic) bond motifs is 3. The zero-order chi connectivity index (χ0) is 23.5. The van der Waals surface area contributed by atoms with Gasteiger partial charge >= 0.3 is 5.51 Å². The molecule has 8 heteroatoms. The van der Waals surface area contributed by atoms with Gasteiger partial charge in [0.2, 0.25) is 0 Å². The van der Waals surface area contributed by atoms with E-state index in [1.54, 1.807) is 12.1 Å². The lowest BCUT2D eigenvalue weighted by molar-refractivity contribution is -0.0328. The van der Waals surface area contributed by atoms with Crippen LogP contribution in [0.2, 0.25) is 0 Å². The molecule has 0 spiro atoms. The SMILES string of the molecule is FC(F)(F)Sc1ccc([C@@H]2CN3CCC[C@@H]3c3cc(OCCCN4CCOCC4)ccc32)cc1. The predicted molar refractivity (Wildman–Crippen MR) is 128 cm³/mol. The molecule has 0 unspecified atom stereocenters. The Morgan fingerprint density at radius 1 is 1.00 bits per heavy atom. The Bertz CT molecular complexity index is 964. The third-order valence-electron chi connectivity index (χ3n) is 7.08. The van der Waals surface area contributed by atoms with E-state index in [1.165, 1.54) is 17.5 Å². The Hall–Kier alpha value is -1.74. The fourth-order valence-corrected chi connectivity index (χ4v) is 6.01. The maximum absolute atomic E-state index is 12.7. The van der Waals surface area contributed by atoms with E-state index in [0.717, 1.165) is 70.1 Å². The van der Waals surface area contributed by atoms with Gasteiger partial charge in [0.15, 0.2) is 0 Å². The minimum atomic E-state index is -4.26. The number of halogens is 3. The molecule has 2 fully saturated rings. The molecule has 4 nitrogen and oxygen atoms in total. The molecule has 184 valence electrons. The van der Waals surface area contributed by atoms with E-state index >= 15 is 0 Å². The van der Waals surface area contributed by atoms with Crippen LogP contribution in [0.1, 0.15) is 47.9 Å². The number of morpholine rings is 1. The molecule has 34 heavy (non-hydrogen) atoms. The fourth-order valence-electron chi connectivity index (χ4n) is 5.47. The molecule has 5 rings (SSSR count). The van der Waals surface area contributed by atoms with Crippen molar-refractivity contribution in [1.82, 2.24) is 9.80 Å². The number of alkyl halides is 3. The van der Waals surface area contributed by atoms with Crippen LogP contribution in [0.25, 0.3) is 0 Å². The predicted octanol–water partition coefficient (Wildman–Crippen LogP) is 5.68. The van der Waals surface area contributed by atoms with Crippen LogP contribution >= 0.6 is 11.8 Å². The van der Waals surface area contributed by atoms with Crippen molar-refractivity contribution in [1.29, 1.82) is 0 Å². The summed E-state index contributed by atoms with van der Waals surface area (Å²) in [6.45, 7) is 7.29. The number of benzene rings is 2. The van der Waals surface area contributed by atoms with E-state index in [0.29, 0.717) is 12.6 Å². The average Bonchev–Trinajstić information content (AvgIpc) is 3.31. The summed E-state index contributed by atoms with van der Waals surface area (Å²) >= 11 is -0.0587. The smallest absolute Gasteiger partial charge is 0.446 e. The largest absolute Gasteiger partial charge is 0.494 e. The number of rotatable bonds is 7. The summed E-state index contributed by atoms with van der Waals surface area (Å²) in [5.74, 6) is 1.06. The molecule has 3 aliphatic heterocycles. The van der Waals surface area contributed by atoms with Crippen LogP contribution in [-0.2, 0) is 4.74 Å². The number of thioether (sulfide) groups is 1. The highest BCUT2D eigenvalue weighted by atomic mass is 32.2. The lowest BCUT2D eigenvalue weighted by Gasteiger charge is -2.37. The minimum absolute atomic E-state index is 0.0587. The third-order valence-corrected chi connectivity index (χ3v) is 7.82. The summed E-state index contributed by atoms with van der Waals surface area (Å²) in [5.41, 5.74) is -0.606. The van der Waals surface area contributed by atoms with Crippen molar-refractivity contribution in [3.63, 3.8) is 0 Å². The Labute approximate surface area is 203 Å². The van der Waals surface area contributed by atoms with Crippen LogP contribution in [0.15, 0.2) is 47.4 Å². The van der Waals surface area contributed by atoms with E-state index in [1.807, 2.05) is 12.1 Å². The molecule has 3 heterocycles. The van der Waals surface area contributed by atoms with Crippen molar-refractivity contribution in [2.24, 2.45) is 0 Å². The zero-order valence-corrected chi connectivity index (χ0v) is 20.0. The first kappa shape index (κ1) is 24.0. The molecule has 2 aromatic carbocycles. The summed E-state index contributed by atoms with van der Waals surface area (Å²) in [5, 5.41) is 0. The van der Waals surface area contributed by atoms with E-state index < -0.39 is 5.51 Å². The lowest BCUT2D eigenvalue weighted by atomic mass is 9.81. The molecular formula is C26H31F3N2O2S. The van der Waals surface area contributed by atoms with Gasteiger partial charge in [-0.2, -0.15) is 13.2 Å². The van der Waals surface area contributed by atoms with Gasteiger partial charge in [-0.15, -0.1) is 0 Å². The maximum Gasteiger partial charge on any atom is 0.446 e. The second-order valence-electron chi connectivity index (χ2n) is 9.27. The van der Waals surface area contributed by atoms with Gasteiger partial charge in [-0.1, -0.05) is 18.2 Å². The first-order chi connectivity index (χ1) is 16.5. The van der Waals surface area contributed by atoms with Gasteiger partial charge in [0, 0.05) is 43.0 Å². The highest BCUT2D eigenvalue weighted by Gasteiger charge is 2.37. The van der Waals surface area contributed by atoms with Crippen molar-refractivity contribution in [2.45, 2.75) is 41.6 Å². The summed E-state index contributed by atoms with van der Waals surface area (Å²) in [6, 6.07) is 13.7. The second-order valence-corrected chi connectivity index (χ2v) is 10.4. The Balaban J connectivity index is 1.28. The highest BCUT2D eigenvalue weighted by molar-refractivity contribution is 8.00. The van der Waals surface area contributed by atoms with Gasteiger partial charge in [0.1, 0.15) is 5.75 Å². The van der Waals surface area contributed by atoms with Crippen LogP contribution < -0.4 is 4.74 Å². The molecule has 0 aliphatic carbocycles. The molecule has 0 N–H and O–H groups in total. The molecule has 0 saturated carbocycles. The molecule has 2 atom stereocenters. The quantitative estimate of drug-likeness (QED) is 0.366. The minimum Gasteiger partial charge on any atom is -0.494 e. The van der Waals surface area contributed by atoms with Crippen LogP contribution in [0.4, 0.5) is 13.2 Å². The van der Waals surface area contributed by atoms with Gasteiger partial charge in [-0.3, -0.25) is 9.80 Å². The third kappa shape index (κ3) is 5.73. The number of nitrogens with zero attached hydrogens (tertiary/aromatic N) is 2. The van der Waals surface area contributed by atoms with E-state index in [-0.39, 0.29) is 22.6 Å². The zero-order valence-electron chi connectivity index (χ0n) is 19.2. The number of hydrogen-bond donors (Lipinski definition) is 0. The number of hydrogen-bond acceptors (Lipinski definition) is 5. The second kappa shape index (κ2) is 10.5. The molecule has 0 amide bonds.